The summed E-state index contributed by atoms with van der Waals surface area (Å²) in [5.74, 6) is 0. The van der Waals surface area contributed by atoms with Gasteiger partial charge in [-0.25, -0.2) is 0 Å². The first-order chi connectivity index (χ1) is 6.51. The number of rotatable bonds is 3. The minimum Gasteiger partial charge on any atom is -0.395 e. The maximum atomic E-state index is 9.58. The van der Waals surface area contributed by atoms with Gasteiger partial charge in [-0.3, -0.25) is 0 Å². The Morgan fingerprint density at radius 2 is 1.50 bits per heavy atom. The van der Waals surface area contributed by atoms with Crippen LogP contribution < -0.4 is 0 Å². The summed E-state index contributed by atoms with van der Waals surface area (Å²) in [4.78, 5) is 0. The summed E-state index contributed by atoms with van der Waals surface area (Å²) in [5.41, 5.74) is 4.83. The van der Waals surface area contributed by atoms with E-state index >= 15 is 0 Å². The normalized spacial score (nSPS) is 21.0. The first kappa shape index (κ1) is 11.5. The minimum atomic E-state index is -0.261. The highest BCUT2D eigenvalue weighted by atomic mass is 16.5. The highest BCUT2D eigenvalue weighted by Gasteiger charge is 2.39. The van der Waals surface area contributed by atoms with Crippen molar-refractivity contribution < 1.29 is 9.84 Å². The van der Waals surface area contributed by atoms with Gasteiger partial charge < -0.3 is 9.84 Å². The van der Waals surface area contributed by atoms with Crippen molar-refractivity contribution in [3.8, 4) is 0 Å². The number of hydrogen-bond acceptors (Lipinski definition) is 2. The molecule has 0 bridgehead atoms. The molecule has 2 nitrogen and oxygen atoms in total. The molecule has 0 aromatic heterocycles. The van der Waals surface area contributed by atoms with E-state index in [1.807, 2.05) is 0 Å². The lowest BCUT2D eigenvalue weighted by atomic mass is 9.79. The zero-order valence-corrected chi connectivity index (χ0v) is 9.77. The second kappa shape index (κ2) is 3.87. The quantitative estimate of drug-likeness (QED) is 0.750. The number of methoxy groups -OCH3 is 1. The van der Waals surface area contributed by atoms with Gasteiger partial charge in [-0.2, -0.15) is 0 Å². The van der Waals surface area contributed by atoms with E-state index in [1.165, 1.54) is 22.3 Å². The fourth-order valence-corrected chi connectivity index (χ4v) is 2.31. The Balaban J connectivity index is 3.22. The fraction of sp³-hybridized carbons (Fsp3) is 0.667. The maximum absolute atomic E-state index is 9.58. The van der Waals surface area contributed by atoms with Crippen LogP contribution in [0.5, 0.6) is 0 Å². The summed E-state index contributed by atoms with van der Waals surface area (Å²) in [5, 5.41) is 9.58. The summed E-state index contributed by atoms with van der Waals surface area (Å²) in [7, 11) is 1.68. The van der Waals surface area contributed by atoms with Gasteiger partial charge in [0.15, 0.2) is 0 Å². The van der Waals surface area contributed by atoms with E-state index in [0.717, 1.165) is 0 Å². The van der Waals surface area contributed by atoms with Gasteiger partial charge in [-0.1, -0.05) is 11.1 Å². The third kappa shape index (κ3) is 1.33. The molecule has 1 aliphatic carbocycles. The molecule has 0 aliphatic heterocycles. The molecule has 1 aliphatic rings. The average molecular weight is 196 g/mol. The predicted octanol–water partition coefficient (Wildman–Crippen LogP) is 2.30. The smallest absolute Gasteiger partial charge is 0.0615 e. The van der Waals surface area contributed by atoms with E-state index < -0.39 is 0 Å². The van der Waals surface area contributed by atoms with E-state index in [9.17, 15) is 5.11 Å². The first-order valence-corrected chi connectivity index (χ1v) is 4.97. The van der Waals surface area contributed by atoms with Crippen LogP contribution in [0.3, 0.4) is 0 Å². The molecule has 14 heavy (non-hydrogen) atoms. The molecule has 1 N–H and O–H groups in total. The van der Waals surface area contributed by atoms with Gasteiger partial charge in [0.1, 0.15) is 0 Å². The van der Waals surface area contributed by atoms with Crippen molar-refractivity contribution in [2.45, 2.75) is 27.7 Å². The van der Waals surface area contributed by atoms with E-state index in [0.29, 0.717) is 6.61 Å². The molecule has 1 rings (SSSR count). The Hall–Kier alpha value is -0.600. The molecule has 0 radical (unpaired) electrons. The summed E-state index contributed by atoms with van der Waals surface area (Å²) < 4.78 is 5.23. The highest BCUT2D eigenvalue weighted by molar-refractivity contribution is 5.50. The van der Waals surface area contributed by atoms with Crippen molar-refractivity contribution in [2.24, 2.45) is 5.41 Å². The Bertz CT molecular complexity index is 273. The van der Waals surface area contributed by atoms with Crippen molar-refractivity contribution in [3.63, 3.8) is 0 Å². The Morgan fingerprint density at radius 3 is 1.79 bits per heavy atom. The standard InChI is InChI=1S/C12H20O2/c1-8-9(2)11(4)12(6-13,7-14-5)10(8)3/h13H,6-7H2,1-5H3. The van der Waals surface area contributed by atoms with Crippen LogP contribution in [0.4, 0.5) is 0 Å². The van der Waals surface area contributed by atoms with Gasteiger partial charge in [0.25, 0.3) is 0 Å². The van der Waals surface area contributed by atoms with Crippen LogP contribution in [0.2, 0.25) is 0 Å². The second-order valence-corrected chi connectivity index (χ2v) is 4.17. The third-order valence-electron chi connectivity index (χ3n) is 3.78. The van der Waals surface area contributed by atoms with Crippen molar-refractivity contribution in [2.75, 3.05) is 20.3 Å². The largest absolute Gasteiger partial charge is 0.395 e. The van der Waals surface area contributed by atoms with Gasteiger partial charge in [0, 0.05) is 7.11 Å². The van der Waals surface area contributed by atoms with E-state index in [1.54, 1.807) is 7.11 Å². The van der Waals surface area contributed by atoms with E-state index in [2.05, 4.69) is 27.7 Å². The molecule has 0 unspecified atom stereocenters. The van der Waals surface area contributed by atoms with Gasteiger partial charge in [-0.05, 0) is 38.8 Å². The van der Waals surface area contributed by atoms with E-state index in [4.69, 9.17) is 4.74 Å². The molecule has 0 spiro atoms. The topological polar surface area (TPSA) is 29.5 Å². The molecule has 80 valence electrons. The molecule has 0 saturated carbocycles. The lowest BCUT2D eigenvalue weighted by Gasteiger charge is -2.30. The van der Waals surface area contributed by atoms with Crippen molar-refractivity contribution >= 4 is 0 Å². The molecule has 0 atom stereocenters. The molecule has 0 heterocycles. The van der Waals surface area contributed by atoms with Crippen LogP contribution in [-0.4, -0.2) is 25.4 Å². The molecule has 0 aromatic carbocycles. The van der Waals surface area contributed by atoms with Gasteiger partial charge in [0.05, 0.1) is 18.6 Å². The lowest BCUT2D eigenvalue weighted by molar-refractivity contribution is 0.0793. The monoisotopic (exact) mass is 196 g/mol. The zero-order chi connectivity index (χ0) is 10.9. The van der Waals surface area contributed by atoms with Gasteiger partial charge >= 0.3 is 0 Å². The number of hydrogen-bond donors (Lipinski definition) is 1. The first-order valence-electron chi connectivity index (χ1n) is 4.97. The number of allylic oxidation sites excluding steroid dienone is 2. The Labute approximate surface area is 86.3 Å². The molecular formula is C12H20O2. The van der Waals surface area contributed by atoms with Crippen LogP contribution in [0.1, 0.15) is 27.7 Å². The highest BCUT2D eigenvalue weighted by Crippen LogP contribution is 2.46. The van der Waals surface area contributed by atoms with Crippen LogP contribution in [-0.2, 0) is 4.74 Å². The van der Waals surface area contributed by atoms with Crippen molar-refractivity contribution in [1.29, 1.82) is 0 Å². The fourth-order valence-electron chi connectivity index (χ4n) is 2.31. The summed E-state index contributed by atoms with van der Waals surface area (Å²) >= 11 is 0. The summed E-state index contributed by atoms with van der Waals surface area (Å²) in [6.07, 6.45) is 0. The van der Waals surface area contributed by atoms with Gasteiger partial charge in [0.2, 0.25) is 0 Å². The molecule has 0 aromatic rings. The summed E-state index contributed by atoms with van der Waals surface area (Å²) in [6, 6.07) is 0. The zero-order valence-electron chi connectivity index (χ0n) is 9.77. The molecule has 0 amide bonds. The summed E-state index contributed by atoms with van der Waals surface area (Å²) in [6.45, 7) is 9.10. The van der Waals surface area contributed by atoms with Crippen LogP contribution in [0, 0.1) is 5.41 Å². The van der Waals surface area contributed by atoms with Crippen LogP contribution >= 0.6 is 0 Å². The van der Waals surface area contributed by atoms with E-state index in [-0.39, 0.29) is 12.0 Å². The maximum Gasteiger partial charge on any atom is 0.0615 e. The number of aliphatic hydroxyl groups excluding tert-OH is 1. The molecule has 0 saturated heterocycles. The average Bonchev–Trinajstić information content (AvgIpc) is 2.34. The van der Waals surface area contributed by atoms with Crippen molar-refractivity contribution in [1.82, 2.24) is 0 Å². The van der Waals surface area contributed by atoms with Crippen LogP contribution in [0.15, 0.2) is 22.3 Å². The number of aliphatic hydroxyl groups is 1. The third-order valence-corrected chi connectivity index (χ3v) is 3.78. The minimum absolute atomic E-state index is 0.132. The molecule has 0 fully saturated rings. The van der Waals surface area contributed by atoms with Gasteiger partial charge in [-0.15, -0.1) is 0 Å². The predicted molar refractivity (Wildman–Crippen MR) is 58.1 cm³/mol. The van der Waals surface area contributed by atoms with Crippen molar-refractivity contribution in [3.05, 3.63) is 22.3 Å². The van der Waals surface area contributed by atoms with Crippen LogP contribution in [0.25, 0.3) is 0 Å². The lowest BCUT2D eigenvalue weighted by Crippen LogP contribution is -2.31. The SMILES string of the molecule is COCC1(CO)C(C)=C(C)C(C)=C1C. The number of ether oxygens (including phenoxy) is 1. The second-order valence-electron chi connectivity index (χ2n) is 4.17. The Kier molecular flexibility index (Phi) is 3.17. The molecule has 2 heteroatoms. The molecular weight excluding hydrogens is 176 g/mol. The Morgan fingerprint density at radius 1 is 1.07 bits per heavy atom.